The Balaban J connectivity index is 0.000000589. The van der Waals surface area contributed by atoms with E-state index in [1.54, 1.807) is 0 Å². The first-order valence-corrected chi connectivity index (χ1v) is 23.3. The zero-order chi connectivity index (χ0) is 21.5. The van der Waals surface area contributed by atoms with Crippen LogP contribution in [0.25, 0.3) is 0 Å². The average Bonchev–Trinajstić information content (AvgIpc) is 2.81. The van der Waals surface area contributed by atoms with Crippen molar-refractivity contribution in [2.75, 3.05) is 0 Å². The first kappa shape index (κ1) is 23.6. The molecule has 0 spiro atoms. The summed E-state index contributed by atoms with van der Waals surface area (Å²) in [5.41, 5.74) is 0. The summed E-state index contributed by atoms with van der Waals surface area (Å²) < 4.78 is 0. The second-order valence-electron chi connectivity index (χ2n) is 6.57. The van der Waals surface area contributed by atoms with Crippen molar-refractivity contribution in [2.45, 2.75) is 0 Å². The summed E-state index contributed by atoms with van der Waals surface area (Å²) >= 11 is 5.15. The Morgan fingerprint density at radius 1 is 0.433 bits per heavy atom. The van der Waals surface area contributed by atoms with Gasteiger partial charge >= 0.3 is 202 Å². The van der Waals surface area contributed by atoms with Crippen molar-refractivity contribution in [3.05, 3.63) is 121 Å². The van der Waals surface area contributed by atoms with Gasteiger partial charge in [0.15, 0.2) is 0 Å². The van der Waals surface area contributed by atoms with Crippen molar-refractivity contribution >= 4 is 69.1 Å². The number of benzene rings is 4. The molecule has 30 heavy (non-hydrogen) atoms. The zero-order valence-electron chi connectivity index (χ0n) is 16.0. The van der Waals surface area contributed by atoms with E-state index in [1.807, 2.05) is 0 Å². The number of rotatable bonds is 4. The van der Waals surface area contributed by atoms with E-state index in [-0.39, 0.29) is 0 Å². The topological polar surface area (TPSA) is 0 Å². The van der Waals surface area contributed by atoms with Crippen molar-refractivity contribution in [1.82, 2.24) is 0 Å². The zero-order valence-corrected chi connectivity index (χ0v) is 22.9. The molecule has 0 aromatic heterocycles. The third-order valence-electron chi connectivity index (χ3n) is 5.00. The fourth-order valence-electron chi connectivity index (χ4n) is 3.74. The van der Waals surface area contributed by atoms with E-state index in [4.69, 9.17) is 12.2 Å². The van der Waals surface area contributed by atoms with Gasteiger partial charge in [-0.15, -0.1) is 0 Å². The van der Waals surface area contributed by atoms with Gasteiger partial charge in [-0.3, -0.25) is 0 Å². The Bertz CT molecular complexity index is 1020. The molecule has 0 radical (unpaired) electrons. The predicted octanol–water partition coefficient (Wildman–Crippen LogP) is 6.25. The van der Waals surface area contributed by atoms with Crippen LogP contribution in [-0.2, 0) is 23.6 Å². The molecule has 4 aromatic carbocycles. The molecule has 0 nitrogen and oxygen atoms in total. The molecule has 6 heteroatoms. The van der Waals surface area contributed by atoms with Crippen LogP contribution in [0, 0.1) is 0 Å². The second kappa shape index (κ2) is 10.5. The van der Waals surface area contributed by atoms with E-state index in [0.717, 1.165) is 0 Å². The van der Waals surface area contributed by atoms with Crippen molar-refractivity contribution in [1.29, 1.82) is 0 Å². The number of hydrogen-bond donors (Lipinski definition) is 0. The molecule has 153 valence electrons. The summed E-state index contributed by atoms with van der Waals surface area (Å²) in [5, 5.41) is 4.82. The van der Waals surface area contributed by atoms with Crippen LogP contribution < -0.4 is 21.2 Å². The van der Waals surface area contributed by atoms with Crippen LogP contribution in [0.1, 0.15) is 0 Å². The van der Waals surface area contributed by atoms with Crippen molar-refractivity contribution < 1.29 is 11.4 Å². The number of hydrogen-bond acceptors (Lipinski definition) is 4. The standard InChI is InChI=1S/C24H20PS.Re.3S/c26-25(21-13-5-1-6-14-21,22-15-7-2-8-16-22,23-17-9-3-10-18-23)24-19-11-4-12-20-24;;;;/h1-20H;;;;/q-1;;;;. The Kier molecular flexibility index (Phi) is 8.30. The summed E-state index contributed by atoms with van der Waals surface area (Å²) in [6, 6.07) is 42.5. The van der Waals surface area contributed by atoms with Gasteiger partial charge in [0.05, 0.1) is 0 Å². The first-order chi connectivity index (χ1) is 14.5. The first-order valence-electron chi connectivity index (χ1n) is 9.18. The molecule has 0 saturated heterocycles. The maximum atomic E-state index is 6.86. The molecule has 0 aliphatic heterocycles. The quantitative estimate of drug-likeness (QED) is 0.189. The monoisotopic (exact) mass is 654 g/mol. The Labute approximate surface area is 200 Å². The van der Waals surface area contributed by atoms with E-state index in [2.05, 4.69) is 151 Å². The fourth-order valence-corrected chi connectivity index (χ4v) is 9.96. The SMILES string of the molecule is [S-]P(c1ccccc1)(c1ccccc1)(c1ccccc1)c1ccccc1.[S]=[Re](=[S])=[S]. The van der Waals surface area contributed by atoms with E-state index < -0.39 is 17.2 Å². The third-order valence-corrected chi connectivity index (χ3v) is 12.7. The van der Waals surface area contributed by atoms with Crippen LogP contribution in [0.4, 0.5) is 0 Å². The van der Waals surface area contributed by atoms with E-state index in [1.165, 1.54) is 21.2 Å². The summed E-state index contributed by atoms with van der Waals surface area (Å²) in [6.45, 7) is 0. The van der Waals surface area contributed by atoms with Gasteiger partial charge in [-0.1, -0.05) is 0 Å². The minimum atomic E-state index is -3.23. The van der Waals surface area contributed by atoms with Crippen LogP contribution >= 0.6 is 35.6 Å². The van der Waals surface area contributed by atoms with Crippen LogP contribution in [0.3, 0.4) is 0 Å². The molecule has 0 heterocycles. The molecular formula is C24H20PReS4-. The molecule has 4 rings (SSSR count). The molecule has 0 fully saturated rings. The summed E-state index contributed by atoms with van der Waals surface area (Å²) in [6.07, 6.45) is 0. The molecule has 0 amide bonds. The van der Waals surface area contributed by atoms with Crippen LogP contribution in [0.2, 0.25) is 0 Å². The van der Waals surface area contributed by atoms with E-state index in [9.17, 15) is 0 Å². The van der Waals surface area contributed by atoms with E-state index in [0.29, 0.717) is 0 Å². The van der Waals surface area contributed by atoms with Gasteiger partial charge in [0.2, 0.25) is 0 Å². The predicted molar refractivity (Wildman–Crippen MR) is 141 cm³/mol. The molecule has 0 atom stereocenters. The van der Waals surface area contributed by atoms with E-state index >= 15 is 0 Å². The molecule has 0 aliphatic rings. The van der Waals surface area contributed by atoms with Gasteiger partial charge < -0.3 is 0 Å². The minimum absolute atomic E-state index is 1.21. The van der Waals surface area contributed by atoms with Gasteiger partial charge in [0, 0.05) is 0 Å². The third kappa shape index (κ3) is 4.59. The van der Waals surface area contributed by atoms with Crippen LogP contribution in [0.5, 0.6) is 0 Å². The molecule has 4 aromatic rings. The van der Waals surface area contributed by atoms with Gasteiger partial charge in [0.25, 0.3) is 0 Å². The Morgan fingerprint density at radius 2 is 0.600 bits per heavy atom. The summed E-state index contributed by atoms with van der Waals surface area (Å²) in [7, 11) is 13.3. The molecule has 0 N–H and O–H groups in total. The maximum absolute atomic E-state index is 6.86. The van der Waals surface area contributed by atoms with Crippen LogP contribution in [-0.4, -0.2) is 0 Å². The van der Waals surface area contributed by atoms with Crippen molar-refractivity contribution in [2.24, 2.45) is 0 Å². The molecule has 0 aliphatic carbocycles. The molecule has 0 unspecified atom stereocenters. The summed E-state index contributed by atoms with van der Waals surface area (Å²) in [4.78, 5) is 0. The Morgan fingerprint density at radius 3 is 0.767 bits per heavy atom. The second-order valence-corrected chi connectivity index (χ2v) is 26.6. The van der Waals surface area contributed by atoms with Gasteiger partial charge in [0.1, 0.15) is 0 Å². The van der Waals surface area contributed by atoms with Gasteiger partial charge in [-0.25, -0.2) is 0 Å². The normalized spacial score (nSPS) is 12.0. The molecule has 0 bridgehead atoms. The molecular weight excluding hydrogens is 634 g/mol. The van der Waals surface area contributed by atoms with Crippen LogP contribution in [0.15, 0.2) is 121 Å². The van der Waals surface area contributed by atoms with Crippen molar-refractivity contribution in [3.63, 3.8) is 0 Å². The summed E-state index contributed by atoms with van der Waals surface area (Å²) in [5.74, 6) is -3.23. The molecule has 0 saturated carbocycles. The van der Waals surface area contributed by atoms with Gasteiger partial charge in [-0.2, -0.15) is 0 Å². The van der Waals surface area contributed by atoms with Crippen molar-refractivity contribution in [3.8, 4) is 0 Å². The fraction of sp³-hybridized carbons (Fsp3) is 0. The average molecular weight is 654 g/mol. The van der Waals surface area contributed by atoms with Gasteiger partial charge in [-0.05, 0) is 0 Å². The Hall–Kier alpha value is -1.02.